The molecule has 0 aromatic carbocycles. The van der Waals surface area contributed by atoms with Gasteiger partial charge in [-0.05, 0) is 56.4 Å². The van der Waals surface area contributed by atoms with Gasteiger partial charge in [-0.25, -0.2) is 0 Å². The number of hydrogen-bond acceptors (Lipinski definition) is 1. The van der Waals surface area contributed by atoms with Gasteiger partial charge in [0.2, 0.25) is 0 Å². The van der Waals surface area contributed by atoms with Crippen LogP contribution in [0.1, 0.15) is 97.8 Å². The van der Waals surface area contributed by atoms with E-state index in [1.165, 1.54) is 90.1 Å². The zero-order chi connectivity index (χ0) is 14.7. The summed E-state index contributed by atoms with van der Waals surface area (Å²) >= 11 is 0. The highest BCUT2D eigenvalue weighted by atomic mass is 14.9. The Balaban J connectivity index is 2.39. The predicted molar refractivity (Wildman–Crippen MR) is 91.2 cm³/mol. The Morgan fingerprint density at radius 1 is 0.900 bits per heavy atom. The molecule has 0 bridgehead atoms. The average molecular weight is 282 g/mol. The third kappa shape index (κ3) is 6.61. The zero-order valence-corrected chi connectivity index (χ0v) is 14.5. The van der Waals surface area contributed by atoms with Crippen molar-refractivity contribution in [3.8, 4) is 0 Å². The summed E-state index contributed by atoms with van der Waals surface area (Å²) in [7, 11) is 0. The van der Waals surface area contributed by atoms with Crippen LogP contribution in [-0.2, 0) is 0 Å². The molecule has 0 unspecified atom stereocenters. The van der Waals surface area contributed by atoms with Crippen molar-refractivity contribution in [1.82, 2.24) is 5.32 Å². The second-order valence-corrected chi connectivity index (χ2v) is 7.22. The van der Waals surface area contributed by atoms with Crippen molar-refractivity contribution in [3.63, 3.8) is 0 Å². The fraction of sp³-hybridized carbons (Fsp3) is 1.00. The maximum absolute atomic E-state index is 3.73. The smallest absolute Gasteiger partial charge is 0.000781 e. The van der Waals surface area contributed by atoms with E-state index in [4.69, 9.17) is 0 Å². The summed E-state index contributed by atoms with van der Waals surface area (Å²) in [5.74, 6) is 1.04. The first kappa shape index (κ1) is 18.0. The van der Waals surface area contributed by atoms with Gasteiger partial charge in [-0.1, -0.05) is 59.3 Å². The number of unbranched alkanes of at least 4 members (excludes halogenated alkanes) is 3. The first-order valence-corrected chi connectivity index (χ1v) is 9.47. The molecule has 1 fully saturated rings. The molecular weight excluding hydrogens is 242 g/mol. The first-order valence-electron chi connectivity index (χ1n) is 9.47. The molecule has 1 nitrogen and oxygen atoms in total. The van der Waals surface area contributed by atoms with Gasteiger partial charge in [0, 0.05) is 6.54 Å². The van der Waals surface area contributed by atoms with Gasteiger partial charge in [0.05, 0.1) is 0 Å². The number of rotatable bonds is 11. The van der Waals surface area contributed by atoms with Crippen molar-refractivity contribution in [1.29, 1.82) is 0 Å². The average Bonchev–Trinajstić information content (AvgIpc) is 2.47. The van der Waals surface area contributed by atoms with Gasteiger partial charge in [-0.15, -0.1) is 0 Å². The molecular formula is C19H39N. The van der Waals surface area contributed by atoms with Gasteiger partial charge < -0.3 is 5.32 Å². The summed E-state index contributed by atoms with van der Waals surface area (Å²) < 4.78 is 0. The van der Waals surface area contributed by atoms with E-state index in [-0.39, 0.29) is 0 Å². The Morgan fingerprint density at radius 3 is 2.20 bits per heavy atom. The summed E-state index contributed by atoms with van der Waals surface area (Å²) in [6, 6.07) is 0. The minimum Gasteiger partial charge on any atom is -0.316 e. The van der Waals surface area contributed by atoms with E-state index in [1.807, 2.05) is 0 Å². The molecule has 0 aromatic rings. The van der Waals surface area contributed by atoms with Crippen molar-refractivity contribution >= 4 is 0 Å². The largest absolute Gasteiger partial charge is 0.316 e. The maximum atomic E-state index is 3.73. The van der Waals surface area contributed by atoms with Gasteiger partial charge >= 0.3 is 0 Å². The van der Waals surface area contributed by atoms with Crippen LogP contribution in [0.2, 0.25) is 0 Å². The molecule has 0 radical (unpaired) electrons. The Hall–Kier alpha value is -0.0400. The van der Waals surface area contributed by atoms with Crippen molar-refractivity contribution in [2.45, 2.75) is 97.8 Å². The van der Waals surface area contributed by atoms with Crippen molar-refractivity contribution < 1.29 is 0 Å². The fourth-order valence-electron chi connectivity index (χ4n) is 3.87. The molecule has 1 rings (SSSR count). The summed E-state index contributed by atoms with van der Waals surface area (Å²) in [4.78, 5) is 0. The first-order chi connectivity index (χ1) is 9.76. The van der Waals surface area contributed by atoms with Crippen LogP contribution in [0.15, 0.2) is 0 Å². The lowest BCUT2D eigenvalue weighted by Crippen LogP contribution is -2.38. The standard InChI is InChI=1S/C19H39N/c1-4-7-9-13-19(17-20-16-6-3)14-11-18(12-15-19)10-8-5-2/h18,20H,4-17H2,1-3H3. The molecule has 20 heavy (non-hydrogen) atoms. The highest BCUT2D eigenvalue weighted by Crippen LogP contribution is 2.43. The van der Waals surface area contributed by atoms with Crippen LogP contribution in [0, 0.1) is 11.3 Å². The third-order valence-electron chi connectivity index (χ3n) is 5.37. The normalized spacial score (nSPS) is 26.9. The summed E-state index contributed by atoms with van der Waals surface area (Å²) in [6.07, 6.45) is 17.3. The molecule has 0 atom stereocenters. The minimum absolute atomic E-state index is 0.646. The van der Waals surface area contributed by atoms with Gasteiger partial charge in [-0.2, -0.15) is 0 Å². The fourth-order valence-corrected chi connectivity index (χ4v) is 3.87. The summed E-state index contributed by atoms with van der Waals surface area (Å²) in [5.41, 5.74) is 0.646. The Morgan fingerprint density at radius 2 is 1.60 bits per heavy atom. The molecule has 1 saturated carbocycles. The van der Waals surface area contributed by atoms with E-state index in [1.54, 1.807) is 0 Å². The lowest BCUT2D eigenvalue weighted by molar-refractivity contribution is 0.124. The third-order valence-corrected chi connectivity index (χ3v) is 5.37. The van der Waals surface area contributed by atoms with E-state index < -0.39 is 0 Å². The molecule has 1 aliphatic carbocycles. The highest BCUT2D eigenvalue weighted by molar-refractivity contribution is 4.87. The quantitative estimate of drug-likeness (QED) is 0.463. The van der Waals surface area contributed by atoms with E-state index >= 15 is 0 Å². The highest BCUT2D eigenvalue weighted by Gasteiger charge is 2.34. The maximum Gasteiger partial charge on any atom is 0.000781 e. The van der Waals surface area contributed by atoms with Crippen LogP contribution in [0.5, 0.6) is 0 Å². The molecule has 1 aliphatic rings. The second kappa shape index (κ2) is 10.7. The van der Waals surface area contributed by atoms with Crippen LogP contribution < -0.4 is 5.32 Å². The molecule has 1 heteroatoms. The predicted octanol–water partition coefficient (Wildman–Crippen LogP) is 5.93. The van der Waals surface area contributed by atoms with E-state index in [0.717, 1.165) is 5.92 Å². The molecule has 120 valence electrons. The van der Waals surface area contributed by atoms with Gasteiger partial charge in [0.25, 0.3) is 0 Å². The van der Waals surface area contributed by atoms with Crippen molar-refractivity contribution in [2.75, 3.05) is 13.1 Å². The summed E-state index contributed by atoms with van der Waals surface area (Å²) in [5, 5.41) is 3.73. The van der Waals surface area contributed by atoms with Crippen LogP contribution in [0.25, 0.3) is 0 Å². The Labute approximate surface area is 128 Å². The summed E-state index contributed by atoms with van der Waals surface area (Å²) in [6.45, 7) is 9.41. The zero-order valence-electron chi connectivity index (χ0n) is 14.5. The number of nitrogens with one attached hydrogen (secondary N) is 1. The molecule has 0 aromatic heterocycles. The Bertz CT molecular complexity index is 204. The number of hydrogen-bond donors (Lipinski definition) is 1. The topological polar surface area (TPSA) is 12.0 Å². The lowest BCUT2D eigenvalue weighted by atomic mass is 9.67. The second-order valence-electron chi connectivity index (χ2n) is 7.22. The SMILES string of the molecule is CCCCCC1(CNCCC)CCC(CCCC)CC1. The molecule has 1 N–H and O–H groups in total. The molecule has 0 saturated heterocycles. The molecule has 0 spiro atoms. The molecule has 0 amide bonds. The van der Waals surface area contributed by atoms with Crippen LogP contribution in [0.3, 0.4) is 0 Å². The van der Waals surface area contributed by atoms with Crippen LogP contribution >= 0.6 is 0 Å². The van der Waals surface area contributed by atoms with Gasteiger partial charge in [-0.3, -0.25) is 0 Å². The molecule has 0 heterocycles. The lowest BCUT2D eigenvalue weighted by Gasteiger charge is -2.41. The molecule has 0 aliphatic heterocycles. The Kier molecular flexibility index (Phi) is 9.59. The van der Waals surface area contributed by atoms with E-state index in [0.29, 0.717) is 5.41 Å². The van der Waals surface area contributed by atoms with Gasteiger partial charge in [0.1, 0.15) is 0 Å². The monoisotopic (exact) mass is 281 g/mol. The van der Waals surface area contributed by atoms with Crippen molar-refractivity contribution in [3.05, 3.63) is 0 Å². The van der Waals surface area contributed by atoms with E-state index in [2.05, 4.69) is 26.1 Å². The van der Waals surface area contributed by atoms with Crippen LogP contribution in [0.4, 0.5) is 0 Å². The van der Waals surface area contributed by atoms with Crippen molar-refractivity contribution in [2.24, 2.45) is 11.3 Å². The van der Waals surface area contributed by atoms with Crippen LogP contribution in [-0.4, -0.2) is 13.1 Å². The van der Waals surface area contributed by atoms with Gasteiger partial charge in [0.15, 0.2) is 0 Å². The van der Waals surface area contributed by atoms with E-state index in [9.17, 15) is 0 Å². The minimum atomic E-state index is 0.646.